The Balaban J connectivity index is 1.12. The Morgan fingerprint density at radius 1 is 1.00 bits per heavy atom. The standard InChI is InChI=1S/C26H39N5O4S/c1-31(20-11-9-19(17-32)10-12-20)16-13-24(34)28-15-6-2-5-14-27-23(33)8-4-3-7-22-25-21(18-36-22)29-26(35)30-25/h9-12,17,21-22,25H,2-8,13-16,18H2,1H3,(H,27,33)(H,28,34)(H2,29,30,35). The van der Waals surface area contributed by atoms with Crippen LogP contribution in [-0.4, -0.2) is 73.9 Å². The van der Waals surface area contributed by atoms with Gasteiger partial charge in [-0.15, -0.1) is 0 Å². The quantitative estimate of drug-likeness (QED) is 0.152. The normalized spacial score (nSPS) is 20.2. The maximum absolute atomic E-state index is 12.1. The van der Waals surface area contributed by atoms with Crippen LogP contribution in [0.1, 0.15) is 61.7 Å². The number of rotatable bonds is 16. The summed E-state index contributed by atoms with van der Waals surface area (Å²) in [5, 5.41) is 12.3. The van der Waals surface area contributed by atoms with Crippen molar-refractivity contribution in [3.63, 3.8) is 0 Å². The van der Waals surface area contributed by atoms with Crippen molar-refractivity contribution in [1.29, 1.82) is 0 Å². The van der Waals surface area contributed by atoms with Crippen molar-refractivity contribution in [3.8, 4) is 0 Å². The number of anilines is 1. The predicted octanol–water partition coefficient (Wildman–Crippen LogP) is 2.45. The van der Waals surface area contributed by atoms with Crippen molar-refractivity contribution in [2.45, 2.75) is 68.7 Å². The molecule has 0 spiro atoms. The molecular formula is C26H39N5O4S. The Hall–Kier alpha value is -2.75. The summed E-state index contributed by atoms with van der Waals surface area (Å²) in [7, 11) is 1.93. The fourth-order valence-corrected chi connectivity index (χ4v) is 6.08. The van der Waals surface area contributed by atoms with E-state index < -0.39 is 0 Å². The van der Waals surface area contributed by atoms with Gasteiger partial charge in [-0.3, -0.25) is 14.4 Å². The summed E-state index contributed by atoms with van der Waals surface area (Å²) >= 11 is 1.91. The molecule has 0 bridgehead atoms. The Bertz CT molecular complexity index is 882. The second-order valence-electron chi connectivity index (χ2n) is 9.51. The van der Waals surface area contributed by atoms with Gasteiger partial charge in [-0.05, 0) is 56.4 Å². The second kappa shape index (κ2) is 14.7. The van der Waals surface area contributed by atoms with Crippen LogP contribution < -0.4 is 26.2 Å². The van der Waals surface area contributed by atoms with Gasteiger partial charge in [0.05, 0.1) is 12.1 Å². The number of carbonyl (C=O) groups is 4. The predicted molar refractivity (Wildman–Crippen MR) is 144 cm³/mol. The average molecular weight is 518 g/mol. The van der Waals surface area contributed by atoms with Crippen LogP contribution in [0.25, 0.3) is 0 Å². The smallest absolute Gasteiger partial charge is 0.315 e. The van der Waals surface area contributed by atoms with E-state index in [0.29, 0.717) is 43.3 Å². The Labute approximate surface area is 217 Å². The van der Waals surface area contributed by atoms with E-state index in [-0.39, 0.29) is 29.9 Å². The van der Waals surface area contributed by atoms with E-state index in [0.717, 1.165) is 56.3 Å². The molecule has 2 aliphatic rings. The number of unbranched alkanes of at least 4 members (excludes halogenated alkanes) is 3. The van der Waals surface area contributed by atoms with Gasteiger partial charge in [-0.2, -0.15) is 11.8 Å². The largest absolute Gasteiger partial charge is 0.374 e. The van der Waals surface area contributed by atoms with E-state index in [9.17, 15) is 19.2 Å². The number of urea groups is 1. The van der Waals surface area contributed by atoms with Crippen LogP contribution in [0, 0.1) is 0 Å². The SMILES string of the molecule is CN(CCC(=O)NCCCCCNC(=O)CCCCC1SCC2NC(=O)NC21)c1ccc(C=O)cc1. The molecule has 0 radical (unpaired) electrons. The third-order valence-corrected chi connectivity index (χ3v) is 8.23. The van der Waals surface area contributed by atoms with Crippen molar-refractivity contribution in [2.75, 3.05) is 37.3 Å². The van der Waals surface area contributed by atoms with Crippen molar-refractivity contribution >= 4 is 41.6 Å². The van der Waals surface area contributed by atoms with E-state index in [1.807, 2.05) is 35.8 Å². The lowest BCUT2D eigenvalue weighted by molar-refractivity contribution is -0.121. The van der Waals surface area contributed by atoms with Crippen molar-refractivity contribution in [3.05, 3.63) is 29.8 Å². The highest BCUT2D eigenvalue weighted by molar-refractivity contribution is 8.00. The molecule has 9 nitrogen and oxygen atoms in total. The first-order chi connectivity index (χ1) is 17.5. The number of fused-ring (bicyclic) bond motifs is 1. The summed E-state index contributed by atoms with van der Waals surface area (Å²) < 4.78 is 0. The summed E-state index contributed by atoms with van der Waals surface area (Å²) in [5.41, 5.74) is 1.61. The monoisotopic (exact) mass is 517 g/mol. The zero-order chi connectivity index (χ0) is 25.8. The third kappa shape index (κ3) is 9.04. The maximum atomic E-state index is 12.1. The van der Waals surface area contributed by atoms with E-state index in [1.54, 1.807) is 12.1 Å². The number of hydrogen-bond acceptors (Lipinski definition) is 6. The molecule has 3 atom stereocenters. The fourth-order valence-electron chi connectivity index (χ4n) is 4.54. The van der Waals surface area contributed by atoms with Gasteiger partial charge in [0, 0.05) is 61.8 Å². The van der Waals surface area contributed by atoms with Crippen LogP contribution in [0.3, 0.4) is 0 Å². The molecule has 1 aromatic rings. The average Bonchev–Trinajstić information content (AvgIpc) is 3.43. The molecule has 0 aromatic heterocycles. The first-order valence-corrected chi connectivity index (χ1v) is 14.0. The molecule has 4 amide bonds. The molecule has 198 valence electrons. The number of amides is 4. The first-order valence-electron chi connectivity index (χ1n) is 12.9. The van der Waals surface area contributed by atoms with Gasteiger partial charge in [0.1, 0.15) is 6.29 Å². The van der Waals surface area contributed by atoms with Crippen LogP contribution in [-0.2, 0) is 9.59 Å². The molecule has 2 heterocycles. The molecule has 0 saturated carbocycles. The van der Waals surface area contributed by atoms with Gasteiger partial charge in [0.2, 0.25) is 11.8 Å². The molecule has 2 aliphatic heterocycles. The minimum absolute atomic E-state index is 0.0257. The second-order valence-corrected chi connectivity index (χ2v) is 10.8. The lowest BCUT2D eigenvalue weighted by Gasteiger charge is -2.19. The van der Waals surface area contributed by atoms with Gasteiger partial charge in [0.15, 0.2) is 0 Å². The minimum atomic E-state index is -0.0553. The Morgan fingerprint density at radius 3 is 2.39 bits per heavy atom. The number of nitrogens with zero attached hydrogens (tertiary/aromatic N) is 1. The van der Waals surface area contributed by atoms with Crippen LogP contribution in [0.4, 0.5) is 10.5 Å². The highest BCUT2D eigenvalue weighted by atomic mass is 32.2. The molecular weight excluding hydrogens is 478 g/mol. The highest BCUT2D eigenvalue weighted by Gasteiger charge is 2.42. The summed E-state index contributed by atoms with van der Waals surface area (Å²) in [5.74, 6) is 1.09. The van der Waals surface area contributed by atoms with Gasteiger partial charge >= 0.3 is 6.03 Å². The van der Waals surface area contributed by atoms with Gasteiger partial charge in [-0.1, -0.05) is 6.42 Å². The van der Waals surface area contributed by atoms with E-state index in [2.05, 4.69) is 21.3 Å². The van der Waals surface area contributed by atoms with Gasteiger partial charge in [0.25, 0.3) is 0 Å². The number of nitrogens with one attached hydrogen (secondary N) is 4. The summed E-state index contributed by atoms with van der Waals surface area (Å²) in [6.45, 7) is 1.91. The van der Waals surface area contributed by atoms with Crippen molar-refractivity contribution < 1.29 is 19.2 Å². The lowest BCUT2D eigenvalue weighted by atomic mass is 10.0. The topological polar surface area (TPSA) is 120 Å². The van der Waals surface area contributed by atoms with E-state index in [1.165, 1.54) is 0 Å². The molecule has 1 aromatic carbocycles. The van der Waals surface area contributed by atoms with Crippen molar-refractivity contribution in [1.82, 2.24) is 21.3 Å². The Kier molecular flexibility index (Phi) is 11.4. The number of aldehydes is 1. The fraction of sp³-hybridized carbons (Fsp3) is 0.615. The first kappa shape index (κ1) is 27.8. The van der Waals surface area contributed by atoms with Crippen LogP contribution in [0.15, 0.2) is 24.3 Å². The van der Waals surface area contributed by atoms with Gasteiger partial charge in [-0.25, -0.2) is 4.79 Å². The molecule has 10 heteroatoms. The third-order valence-electron chi connectivity index (χ3n) is 6.72. The summed E-state index contributed by atoms with van der Waals surface area (Å²) in [6, 6.07) is 7.71. The molecule has 3 rings (SSSR count). The maximum Gasteiger partial charge on any atom is 0.315 e. The van der Waals surface area contributed by atoms with Crippen LogP contribution in [0.5, 0.6) is 0 Å². The summed E-state index contributed by atoms with van der Waals surface area (Å²) in [4.78, 5) is 48.3. The zero-order valence-corrected chi connectivity index (χ0v) is 21.9. The van der Waals surface area contributed by atoms with Crippen molar-refractivity contribution in [2.24, 2.45) is 0 Å². The van der Waals surface area contributed by atoms with Gasteiger partial charge < -0.3 is 26.2 Å². The number of hydrogen-bond donors (Lipinski definition) is 4. The van der Waals surface area contributed by atoms with Crippen LogP contribution in [0.2, 0.25) is 0 Å². The number of thioether (sulfide) groups is 1. The lowest BCUT2D eigenvalue weighted by Crippen LogP contribution is -2.36. The molecule has 0 aliphatic carbocycles. The molecule has 2 fully saturated rings. The highest BCUT2D eigenvalue weighted by Crippen LogP contribution is 2.33. The molecule has 3 unspecified atom stereocenters. The number of carbonyl (C=O) groups excluding carboxylic acids is 4. The summed E-state index contributed by atoms with van der Waals surface area (Å²) in [6.07, 6.45) is 7.39. The molecule has 2 saturated heterocycles. The molecule has 36 heavy (non-hydrogen) atoms. The van der Waals surface area contributed by atoms with E-state index >= 15 is 0 Å². The minimum Gasteiger partial charge on any atom is -0.374 e. The molecule has 4 N–H and O–H groups in total. The van der Waals surface area contributed by atoms with E-state index in [4.69, 9.17) is 0 Å². The Morgan fingerprint density at radius 2 is 1.69 bits per heavy atom. The van der Waals surface area contributed by atoms with Crippen LogP contribution >= 0.6 is 11.8 Å². The zero-order valence-electron chi connectivity index (χ0n) is 21.1. The number of benzene rings is 1.